The zero-order chi connectivity index (χ0) is 14.4. The molecule has 0 radical (unpaired) electrons. The number of rotatable bonds is 3. The van der Waals surface area contributed by atoms with Gasteiger partial charge in [0.2, 0.25) is 0 Å². The maximum atomic E-state index is 11.9. The molecule has 0 spiro atoms. The van der Waals surface area contributed by atoms with E-state index in [0.717, 1.165) is 37.5 Å². The number of nitrogens with one attached hydrogen (secondary N) is 1. The molecule has 0 aliphatic carbocycles. The molecule has 1 aromatic carbocycles. The van der Waals surface area contributed by atoms with Crippen molar-refractivity contribution in [3.8, 4) is 5.75 Å². The van der Waals surface area contributed by atoms with Crippen LogP contribution in [0.1, 0.15) is 5.56 Å². The van der Waals surface area contributed by atoms with Crippen molar-refractivity contribution in [2.75, 3.05) is 40.3 Å². The highest BCUT2D eigenvalue weighted by Crippen LogP contribution is 2.11. The second-order valence-electron chi connectivity index (χ2n) is 4.85. The highest BCUT2D eigenvalue weighted by molar-refractivity contribution is 5.76. The minimum atomic E-state index is -0.0390. The second kappa shape index (κ2) is 6.96. The molecule has 0 atom stereocenters. The quantitative estimate of drug-likeness (QED) is 0.912. The third-order valence-electron chi connectivity index (χ3n) is 3.39. The van der Waals surface area contributed by atoms with Gasteiger partial charge in [0.1, 0.15) is 5.75 Å². The molecule has 2 rings (SSSR count). The van der Waals surface area contributed by atoms with Crippen molar-refractivity contribution in [2.24, 2.45) is 0 Å². The molecule has 5 nitrogen and oxygen atoms in total. The molecule has 1 aromatic rings. The monoisotopic (exact) mass is 275 g/mol. The van der Waals surface area contributed by atoms with Crippen LogP contribution in [0.25, 0.3) is 6.08 Å². The minimum Gasteiger partial charge on any atom is -0.497 e. The number of methoxy groups -OCH3 is 1. The molecule has 0 aromatic heterocycles. The lowest BCUT2D eigenvalue weighted by Gasteiger charge is -2.31. The fraction of sp³-hybridized carbons (Fsp3) is 0.400. The molecule has 0 unspecified atom stereocenters. The maximum Gasteiger partial charge on any atom is 0.321 e. The average Bonchev–Trinajstić information content (AvgIpc) is 2.48. The van der Waals surface area contributed by atoms with Gasteiger partial charge in [-0.25, -0.2) is 4.79 Å². The molecular weight excluding hydrogens is 254 g/mol. The Hall–Kier alpha value is -2.01. The number of hydrogen-bond donors (Lipinski definition) is 1. The Morgan fingerprint density at radius 1 is 1.20 bits per heavy atom. The molecule has 1 aliphatic rings. The van der Waals surface area contributed by atoms with Gasteiger partial charge < -0.3 is 19.9 Å². The first-order chi connectivity index (χ1) is 9.69. The van der Waals surface area contributed by atoms with Gasteiger partial charge in [0.05, 0.1) is 7.11 Å². The van der Waals surface area contributed by atoms with E-state index in [1.54, 1.807) is 13.3 Å². The van der Waals surface area contributed by atoms with E-state index in [0.29, 0.717) is 0 Å². The van der Waals surface area contributed by atoms with Gasteiger partial charge in [-0.2, -0.15) is 0 Å². The van der Waals surface area contributed by atoms with Crippen molar-refractivity contribution in [3.63, 3.8) is 0 Å². The summed E-state index contributed by atoms with van der Waals surface area (Å²) in [7, 11) is 3.71. The van der Waals surface area contributed by atoms with Gasteiger partial charge in [0.15, 0.2) is 0 Å². The first-order valence-electron chi connectivity index (χ1n) is 6.73. The minimum absolute atomic E-state index is 0.0390. The lowest BCUT2D eigenvalue weighted by molar-refractivity contribution is 0.157. The van der Waals surface area contributed by atoms with Crippen molar-refractivity contribution in [3.05, 3.63) is 36.0 Å². The SMILES string of the molecule is COc1ccc(/C=C/NC(=O)N2CCN(C)CC2)cc1. The molecular formula is C15H21N3O2. The third-order valence-corrected chi connectivity index (χ3v) is 3.39. The first kappa shape index (κ1) is 14.4. The van der Waals surface area contributed by atoms with Gasteiger partial charge in [-0.05, 0) is 30.8 Å². The van der Waals surface area contributed by atoms with Crippen molar-refractivity contribution >= 4 is 12.1 Å². The van der Waals surface area contributed by atoms with Crippen LogP contribution in [0.3, 0.4) is 0 Å². The molecule has 1 N–H and O–H groups in total. The van der Waals surface area contributed by atoms with Gasteiger partial charge in [-0.1, -0.05) is 12.1 Å². The first-order valence-corrected chi connectivity index (χ1v) is 6.73. The number of benzene rings is 1. The number of piperazine rings is 1. The normalized spacial score (nSPS) is 16.4. The van der Waals surface area contributed by atoms with Crippen molar-refractivity contribution < 1.29 is 9.53 Å². The van der Waals surface area contributed by atoms with E-state index in [9.17, 15) is 4.79 Å². The van der Waals surface area contributed by atoms with Crippen LogP contribution >= 0.6 is 0 Å². The summed E-state index contributed by atoms with van der Waals surface area (Å²) in [5.74, 6) is 0.823. The molecule has 1 fully saturated rings. The van der Waals surface area contributed by atoms with Crippen LogP contribution in [-0.4, -0.2) is 56.2 Å². The summed E-state index contributed by atoms with van der Waals surface area (Å²) in [6.45, 7) is 3.41. The lowest BCUT2D eigenvalue weighted by Crippen LogP contribution is -2.49. The van der Waals surface area contributed by atoms with E-state index in [1.165, 1.54) is 0 Å². The average molecular weight is 275 g/mol. The summed E-state index contributed by atoms with van der Waals surface area (Å²) in [6, 6.07) is 7.63. The molecule has 5 heteroatoms. The molecule has 1 aliphatic heterocycles. The number of hydrogen-bond acceptors (Lipinski definition) is 3. The van der Waals surface area contributed by atoms with Gasteiger partial charge in [-0.3, -0.25) is 0 Å². The number of urea groups is 1. The van der Waals surface area contributed by atoms with Gasteiger partial charge in [0, 0.05) is 32.4 Å². The Bertz CT molecular complexity index is 463. The highest BCUT2D eigenvalue weighted by Gasteiger charge is 2.17. The summed E-state index contributed by atoms with van der Waals surface area (Å²) in [6.07, 6.45) is 3.55. The third kappa shape index (κ3) is 3.99. The Kier molecular flexibility index (Phi) is 5.01. The van der Waals surface area contributed by atoms with Crippen LogP contribution < -0.4 is 10.1 Å². The number of ether oxygens (including phenoxy) is 1. The molecule has 0 bridgehead atoms. The molecule has 20 heavy (non-hydrogen) atoms. The van der Waals surface area contributed by atoms with Crippen LogP contribution in [0.4, 0.5) is 4.79 Å². The zero-order valence-corrected chi connectivity index (χ0v) is 12.0. The zero-order valence-electron chi connectivity index (χ0n) is 12.0. The van der Waals surface area contributed by atoms with Crippen LogP contribution in [0.5, 0.6) is 5.75 Å². The van der Waals surface area contributed by atoms with Gasteiger partial charge >= 0.3 is 6.03 Å². The number of carbonyl (C=O) groups excluding carboxylic acids is 1. The van der Waals surface area contributed by atoms with E-state index < -0.39 is 0 Å². The van der Waals surface area contributed by atoms with E-state index in [2.05, 4.69) is 17.3 Å². The summed E-state index contributed by atoms with van der Waals surface area (Å²) in [4.78, 5) is 16.0. The smallest absolute Gasteiger partial charge is 0.321 e. The van der Waals surface area contributed by atoms with Crippen molar-refractivity contribution in [1.82, 2.24) is 15.1 Å². The van der Waals surface area contributed by atoms with E-state index in [4.69, 9.17) is 4.74 Å². The number of carbonyl (C=O) groups is 1. The lowest BCUT2D eigenvalue weighted by atomic mass is 10.2. The Labute approximate surface area is 119 Å². The Morgan fingerprint density at radius 2 is 1.85 bits per heavy atom. The summed E-state index contributed by atoms with van der Waals surface area (Å²) < 4.78 is 5.10. The fourth-order valence-electron chi connectivity index (χ4n) is 2.03. The number of amides is 2. The van der Waals surface area contributed by atoms with Crippen LogP contribution in [0.15, 0.2) is 30.5 Å². The summed E-state index contributed by atoms with van der Waals surface area (Å²) in [5, 5.41) is 2.80. The molecule has 1 heterocycles. The Morgan fingerprint density at radius 3 is 2.45 bits per heavy atom. The van der Waals surface area contributed by atoms with Crippen molar-refractivity contribution in [1.29, 1.82) is 0 Å². The highest BCUT2D eigenvalue weighted by atomic mass is 16.5. The summed E-state index contributed by atoms with van der Waals surface area (Å²) >= 11 is 0. The number of nitrogens with zero attached hydrogens (tertiary/aromatic N) is 2. The predicted molar refractivity (Wildman–Crippen MR) is 79.6 cm³/mol. The van der Waals surface area contributed by atoms with Gasteiger partial charge in [0.25, 0.3) is 0 Å². The standard InChI is InChI=1S/C15H21N3O2/c1-17-9-11-18(12-10-17)15(19)16-8-7-13-3-5-14(20-2)6-4-13/h3-8H,9-12H2,1-2H3,(H,16,19)/b8-7+. The second-order valence-corrected chi connectivity index (χ2v) is 4.85. The van der Waals surface area contributed by atoms with E-state index >= 15 is 0 Å². The van der Waals surface area contributed by atoms with Gasteiger partial charge in [-0.15, -0.1) is 0 Å². The molecule has 2 amide bonds. The summed E-state index contributed by atoms with van der Waals surface area (Å²) in [5.41, 5.74) is 1.02. The topological polar surface area (TPSA) is 44.8 Å². The largest absolute Gasteiger partial charge is 0.497 e. The van der Waals surface area contributed by atoms with Crippen LogP contribution in [0, 0.1) is 0 Å². The molecule has 1 saturated heterocycles. The van der Waals surface area contributed by atoms with Crippen LogP contribution in [0.2, 0.25) is 0 Å². The molecule has 108 valence electrons. The predicted octanol–water partition coefficient (Wildman–Crippen LogP) is 1.62. The van der Waals surface area contributed by atoms with Crippen LogP contribution in [-0.2, 0) is 0 Å². The van der Waals surface area contributed by atoms with E-state index in [-0.39, 0.29) is 6.03 Å². The van der Waals surface area contributed by atoms with E-state index in [1.807, 2.05) is 35.2 Å². The number of likely N-dealkylation sites (N-methyl/N-ethyl adjacent to an activating group) is 1. The molecule has 0 saturated carbocycles. The van der Waals surface area contributed by atoms with Crippen molar-refractivity contribution in [2.45, 2.75) is 0 Å². The Balaban J connectivity index is 1.81. The fourth-order valence-corrected chi connectivity index (χ4v) is 2.03. The maximum absolute atomic E-state index is 11.9.